The van der Waals surface area contributed by atoms with E-state index in [4.69, 9.17) is 0 Å². The van der Waals surface area contributed by atoms with E-state index in [0.717, 1.165) is 6.42 Å². The minimum absolute atomic E-state index is 0.131. The fourth-order valence-corrected chi connectivity index (χ4v) is 1.65. The van der Waals surface area contributed by atoms with Gasteiger partial charge in [-0.3, -0.25) is 4.79 Å². The van der Waals surface area contributed by atoms with Crippen molar-refractivity contribution in [3.63, 3.8) is 0 Å². The fraction of sp³-hybridized carbons (Fsp3) is 0.700. The third kappa shape index (κ3) is 1.86. The van der Waals surface area contributed by atoms with Gasteiger partial charge in [-0.15, -0.1) is 0 Å². The monoisotopic (exact) mass is 208 g/mol. The second-order valence-electron chi connectivity index (χ2n) is 4.82. The van der Waals surface area contributed by atoms with E-state index in [1.807, 2.05) is 0 Å². The Balaban J connectivity index is 2.06. The molecule has 5 heteroatoms. The highest BCUT2D eigenvalue weighted by Crippen LogP contribution is 2.44. The van der Waals surface area contributed by atoms with Crippen LogP contribution in [-0.2, 0) is 7.05 Å². The zero-order valence-corrected chi connectivity index (χ0v) is 9.53. The van der Waals surface area contributed by atoms with Crippen molar-refractivity contribution in [3.05, 3.63) is 11.6 Å². The lowest BCUT2D eigenvalue weighted by molar-refractivity contribution is 0.0931. The average Bonchev–Trinajstić information content (AvgIpc) is 2.53. The van der Waals surface area contributed by atoms with E-state index in [-0.39, 0.29) is 17.4 Å². The summed E-state index contributed by atoms with van der Waals surface area (Å²) >= 11 is 0. The lowest BCUT2D eigenvalue weighted by Crippen LogP contribution is -2.30. The van der Waals surface area contributed by atoms with Gasteiger partial charge in [0.05, 0.1) is 0 Å². The number of aromatic nitrogens is 3. The minimum atomic E-state index is -0.131. The molecule has 1 aliphatic rings. The maximum atomic E-state index is 11.8. The Hall–Kier alpha value is -1.39. The van der Waals surface area contributed by atoms with Gasteiger partial charge in [-0.2, -0.15) is 5.10 Å². The van der Waals surface area contributed by atoms with Crippen molar-refractivity contribution >= 4 is 5.91 Å². The number of amides is 1. The molecule has 1 saturated carbocycles. The van der Waals surface area contributed by atoms with Gasteiger partial charge in [-0.25, -0.2) is 9.67 Å². The molecule has 1 aromatic heterocycles. The molecule has 5 nitrogen and oxygen atoms in total. The zero-order valence-electron chi connectivity index (χ0n) is 9.53. The summed E-state index contributed by atoms with van der Waals surface area (Å²) in [4.78, 5) is 15.9. The van der Waals surface area contributed by atoms with Crippen molar-refractivity contribution in [3.8, 4) is 0 Å². The summed E-state index contributed by atoms with van der Waals surface area (Å²) in [6, 6.07) is 0.280. The van der Waals surface area contributed by atoms with Crippen LogP contribution in [0.15, 0.2) is 0 Å². The number of carbonyl (C=O) groups is 1. The zero-order chi connectivity index (χ0) is 11.2. The molecule has 1 aliphatic carbocycles. The normalized spacial score (nSPS) is 22.5. The van der Waals surface area contributed by atoms with Crippen LogP contribution in [0.1, 0.15) is 36.7 Å². The van der Waals surface area contributed by atoms with Gasteiger partial charge in [-0.1, -0.05) is 13.8 Å². The standard InChI is InChI=1S/C10H16N4O/c1-6-11-8(14(4)13-6)9(15)12-7-5-10(7,2)3/h7H,5H2,1-4H3,(H,12,15)/t7-/m0/s1. The molecule has 1 amide bonds. The number of rotatable bonds is 2. The Morgan fingerprint density at radius 2 is 2.20 bits per heavy atom. The molecule has 1 N–H and O–H groups in total. The van der Waals surface area contributed by atoms with Crippen LogP contribution in [-0.4, -0.2) is 26.7 Å². The summed E-state index contributed by atoms with van der Waals surface area (Å²) in [5, 5.41) is 6.99. The lowest BCUT2D eigenvalue weighted by atomic mass is 10.2. The van der Waals surface area contributed by atoms with Crippen LogP contribution >= 0.6 is 0 Å². The molecule has 0 saturated heterocycles. The molecule has 15 heavy (non-hydrogen) atoms. The highest BCUT2D eigenvalue weighted by Gasteiger charge is 2.46. The van der Waals surface area contributed by atoms with E-state index < -0.39 is 0 Å². The summed E-state index contributed by atoms with van der Waals surface area (Å²) < 4.78 is 1.51. The molecule has 0 unspecified atom stereocenters. The highest BCUT2D eigenvalue weighted by atomic mass is 16.2. The van der Waals surface area contributed by atoms with Crippen LogP contribution < -0.4 is 5.32 Å². The van der Waals surface area contributed by atoms with E-state index in [1.165, 1.54) is 4.68 Å². The summed E-state index contributed by atoms with van der Waals surface area (Å²) in [5.74, 6) is 0.876. The van der Waals surface area contributed by atoms with E-state index in [2.05, 4.69) is 29.2 Å². The molecule has 0 spiro atoms. The summed E-state index contributed by atoms with van der Waals surface area (Å²) in [6.45, 7) is 6.05. The molecule has 0 aromatic carbocycles. The van der Waals surface area contributed by atoms with Crippen LogP contribution in [0.3, 0.4) is 0 Å². The van der Waals surface area contributed by atoms with Crippen LogP contribution in [0.4, 0.5) is 0 Å². The predicted molar refractivity (Wildman–Crippen MR) is 55.4 cm³/mol. The minimum Gasteiger partial charge on any atom is -0.346 e. The summed E-state index contributed by atoms with van der Waals surface area (Å²) in [5.41, 5.74) is 0.239. The van der Waals surface area contributed by atoms with Crippen LogP contribution in [0.25, 0.3) is 0 Å². The highest BCUT2D eigenvalue weighted by molar-refractivity contribution is 5.91. The Labute approximate surface area is 88.9 Å². The molecule has 1 fully saturated rings. The maximum absolute atomic E-state index is 11.8. The van der Waals surface area contributed by atoms with E-state index in [0.29, 0.717) is 11.6 Å². The topological polar surface area (TPSA) is 59.8 Å². The van der Waals surface area contributed by atoms with Crippen molar-refractivity contribution in [2.24, 2.45) is 12.5 Å². The molecule has 1 heterocycles. The second-order valence-corrected chi connectivity index (χ2v) is 4.82. The number of hydrogen-bond donors (Lipinski definition) is 1. The van der Waals surface area contributed by atoms with E-state index in [9.17, 15) is 4.79 Å². The molecular formula is C10H16N4O. The van der Waals surface area contributed by atoms with Gasteiger partial charge in [0.2, 0.25) is 5.82 Å². The average molecular weight is 208 g/mol. The molecule has 0 bridgehead atoms. The lowest BCUT2D eigenvalue weighted by Gasteiger charge is -2.05. The van der Waals surface area contributed by atoms with Crippen molar-refractivity contribution in [2.45, 2.75) is 33.2 Å². The number of hydrogen-bond acceptors (Lipinski definition) is 3. The largest absolute Gasteiger partial charge is 0.346 e. The SMILES string of the molecule is Cc1nc(C(=O)N[C@H]2CC2(C)C)n(C)n1. The number of aryl methyl sites for hydroxylation is 2. The van der Waals surface area contributed by atoms with E-state index in [1.54, 1.807) is 14.0 Å². The van der Waals surface area contributed by atoms with Crippen LogP contribution in [0, 0.1) is 12.3 Å². The smallest absolute Gasteiger partial charge is 0.289 e. The quantitative estimate of drug-likeness (QED) is 0.776. The maximum Gasteiger partial charge on any atom is 0.289 e. The molecular weight excluding hydrogens is 192 g/mol. The van der Waals surface area contributed by atoms with Gasteiger partial charge in [0, 0.05) is 13.1 Å². The van der Waals surface area contributed by atoms with Gasteiger partial charge in [0.1, 0.15) is 5.82 Å². The Bertz CT molecular complexity index is 408. The molecule has 0 aliphatic heterocycles. The summed E-state index contributed by atoms with van der Waals surface area (Å²) in [6.07, 6.45) is 1.04. The second kappa shape index (κ2) is 3.05. The third-order valence-corrected chi connectivity index (χ3v) is 2.89. The summed E-state index contributed by atoms with van der Waals surface area (Å²) in [7, 11) is 1.73. The van der Waals surface area contributed by atoms with Gasteiger partial charge < -0.3 is 5.32 Å². The fourth-order valence-electron chi connectivity index (χ4n) is 1.65. The van der Waals surface area contributed by atoms with Crippen molar-refractivity contribution in [2.75, 3.05) is 0 Å². The van der Waals surface area contributed by atoms with Crippen LogP contribution in [0.2, 0.25) is 0 Å². The Morgan fingerprint density at radius 3 is 2.60 bits per heavy atom. The number of nitrogens with zero attached hydrogens (tertiary/aromatic N) is 3. The van der Waals surface area contributed by atoms with Crippen LogP contribution in [0.5, 0.6) is 0 Å². The Morgan fingerprint density at radius 1 is 1.60 bits per heavy atom. The molecule has 0 radical (unpaired) electrons. The Kier molecular flexibility index (Phi) is 2.06. The first-order valence-corrected chi connectivity index (χ1v) is 5.08. The van der Waals surface area contributed by atoms with Crippen molar-refractivity contribution < 1.29 is 4.79 Å². The molecule has 2 rings (SSSR count). The molecule has 82 valence electrons. The van der Waals surface area contributed by atoms with Crippen molar-refractivity contribution in [1.82, 2.24) is 20.1 Å². The van der Waals surface area contributed by atoms with Gasteiger partial charge >= 0.3 is 0 Å². The predicted octanol–water partition coefficient (Wildman–Crippen LogP) is 0.652. The molecule has 1 atom stereocenters. The third-order valence-electron chi connectivity index (χ3n) is 2.89. The number of carbonyl (C=O) groups excluding carboxylic acids is 1. The van der Waals surface area contributed by atoms with Gasteiger partial charge in [0.15, 0.2) is 0 Å². The first kappa shape index (κ1) is 10.1. The van der Waals surface area contributed by atoms with Gasteiger partial charge in [0.25, 0.3) is 5.91 Å². The number of nitrogens with one attached hydrogen (secondary N) is 1. The van der Waals surface area contributed by atoms with Crippen molar-refractivity contribution in [1.29, 1.82) is 0 Å². The van der Waals surface area contributed by atoms with E-state index >= 15 is 0 Å². The first-order valence-electron chi connectivity index (χ1n) is 5.08. The first-order chi connectivity index (χ1) is 6.90. The van der Waals surface area contributed by atoms with Gasteiger partial charge in [-0.05, 0) is 18.8 Å². The molecule has 1 aromatic rings.